The Morgan fingerprint density at radius 1 is 1.00 bits per heavy atom. The summed E-state index contributed by atoms with van der Waals surface area (Å²) in [7, 11) is 0. The Morgan fingerprint density at radius 2 is 1.68 bits per heavy atom. The van der Waals surface area contributed by atoms with E-state index in [0.717, 1.165) is 51.4 Å². The summed E-state index contributed by atoms with van der Waals surface area (Å²) >= 11 is 0. The van der Waals surface area contributed by atoms with Crippen LogP contribution in [-0.4, -0.2) is 64.3 Å². The lowest BCUT2D eigenvalue weighted by atomic mass is 9.83. The van der Waals surface area contributed by atoms with Gasteiger partial charge in [0.25, 0.3) is 5.91 Å². The van der Waals surface area contributed by atoms with E-state index in [0.29, 0.717) is 19.3 Å². The Labute approximate surface area is 219 Å². The Bertz CT molecular complexity index is 879. The molecule has 2 saturated carbocycles. The van der Waals surface area contributed by atoms with E-state index in [1.165, 1.54) is 0 Å². The van der Waals surface area contributed by atoms with Gasteiger partial charge in [-0.1, -0.05) is 39.0 Å². The highest BCUT2D eigenvalue weighted by Gasteiger charge is 2.53. The van der Waals surface area contributed by atoms with Crippen molar-refractivity contribution in [2.75, 3.05) is 0 Å². The molecule has 1 aliphatic heterocycles. The monoisotopic (exact) mass is 520 g/mol. The molecule has 3 aliphatic rings. The van der Waals surface area contributed by atoms with E-state index in [2.05, 4.69) is 10.6 Å². The largest absolute Gasteiger partial charge is 0.444 e. The van der Waals surface area contributed by atoms with Crippen molar-refractivity contribution in [3.05, 3.63) is 0 Å². The molecule has 0 radical (unpaired) electrons. The average Bonchev–Trinajstić information content (AvgIpc) is 3.45. The van der Waals surface area contributed by atoms with Gasteiger partial charge < -0.3 is 26.0 Å². The molecule has 0 aromatic carbocycles. The molecule has 3 rings (SSSR count). The summed E-state index contributed by atoms with van der Waals surface area (Å²) in [5, 5.41) is 5.58. The number of amides is 4. The molecule has 37 heavy (non-hydrogen) atoms. The van der Waals surface area contributed by atoms with Crippen LogP contribution in [0.2, 0.25) is 0 Å². The van der Waals surface area contributed by atoms with Crippen molar-refractivity contribution in [3.63, 3.8) is 0 Å². The minimum absolute atomic E-state index is 0.0296. The predicted octanol–water partition coefficient (Wildman–Crippen LogP) is 2.57. The molecule has 3 fully saturated rings. The molecule has 2 bridgehead atoms. The zero-order valence-corrected chi connectivity index (χ0v) is 22.7. The Balaban J connectivity index is 1.83. The minimum atomic E-state index is -1.08. The molecule has 10 nitrogen and oxygen atoms in total. The number of carbonyl (C=O) groups excluding carboxylic acids is 5. The van der Waals surface area contributed by atoms with E-state index in [4.69, 9.17) is 10.5 Å². The third-order valence-electron chi connectivity index (χ3n) is 7.89. The SMILES string of the molecule is CCCCC(NC(=O)C1C2CCC(C2)N1C(=O)C(NC(=O)OC(C)(C)C)C1CCCCC1)C(=O)C(N)=O. The van der Waals surface area contributed by atoms with Crippen molar-refractivity contribution in [2.24, 2.45) is 17.6 Å². The molecule has 10 heteroatoms. The van der Waals surface area contributed by atoms with Crippen LogP contribution in [0, 0.1) is 11.8 Å². The molecule has 2 aliphatic carbocycles. The number of likely N-dealkylation sites (tertiary alicyclic amines) is 1. The maximum Gasteiger partial charge on any atom is 0.408 e. The van der Waals surface area contributed by atoms with Crippen LogP contribution in [0.4, 0.5) is 4.79 Å². The number of hydrogen-bond acceptors (Lipinski definition) is 6. The third kappa shape index (κ3) is 7.23. The van der Waals surface area contributed by atoms with Gasteiger partial charge in [-0.15, -0.1) is 0 Å². The summed E-state index contributed by atoms with van der Waals surface area (Å²) in [6.45, 7) is 7.26. The molecule has 208 valence electrons. The van der Waals surface area contributed by atoms with Crippen molar-refractivity contribution in [1.29, 1.82) is 0 Å². The van der Waals surface area contributed by atoms with Gasteiger partial charge in [-0.2, -0.15) is 0 Å². The highest BCUT2D eigenvalue weighted by molar-refractivity contribution is 6.37. The van der Waals surface area contributed by atoms with Gasteiger partial charge in [0, 0.05) is 6.04 Å². The predicted molar refractivity (Wildman–Crippen MR) is 137 cm³/mol. The van der Waals surface area contributed by atoms with Crippen LogP contribution in [0.1, 0.15) is 98.3 Å². The van der Waals surface area contributed by atoms with E-state index >= 15 is 0 Å². The van der Waals surface area contributed by atoms with Gasteiger partial charge in [-0.05, 0) is 71.1 Å². The second-order valence-electron chi connectivity index (χ2n) is 11.9. The fourth-order valence-electron chi connectivity index (χ4n) is 6.19. The van der Waals surface area contributed by atoms with E-state index < -0.39 is 47.4 Å². The highest BCUT2D eigenvalue weighted by atomic mass is 16.6. The van der Waals surface area contributed by atoms with Gasteiger partial charge >= 0.3 is 6.09 Å². The van der Waals surface area contributed by atoms with E-state index in [9.17, 15) is 24.0 Å². The molecule has 0 aromatic rings. The minimum Gasteiger partial charge on any atom is -0.444 e. The fraction of sp³-hybridized carbons (Fsp3) is 0.815. The number of fused-ring (bicyclic) bond motifs is 2. The van der Waals surface area contributed by atoms with Crippen molar-refractivity contribution >= 4 is 29.6 Å². The molecular weight excluding hydrogens is 476 g/mol. The molecule has 1 saturated heterocycles. The fourth-order valence-corrected chi connectivity index (χ4v) is 6.19. The molecule has 1 heterocycles. The van der Waals surface area contributed by atoms with Crippen LogP contribution in [0.15, 0.2) is 0 Å². The van der Waals surface area contributed by atoms with Crippen LogP contribution in [0.5, 0.6) is 0 Å². The average molecular weight is 521 g/mol. The molecular formula is C27H44N4O6. The normalized spacial score (nSPS) is 25.3. The topological polar surface area (TPSA) is 148 Å². The maximum atomic E-state index is 14.1. The van der Waals surface area contributed by atoms with Gasteiger partial charge in [-0.3, -0.25) is 19.2 Å². The molecule has 5 unspecified atom stereocenters. The number of alkyl carbamates (subject to hydrolysis) is 1. The lowest BCUT2D eigenvalue weighted by molar-refractivity contribution is -0.146. The first-order valence-electron chi connectivity index (χ1n) is 13.9. The zero-order chi connectivity index (χ0) is 27.3. The number of ketones is 1. The number of unbranched alkanes of at least 4 members (excludes halogenated alkanes) is 1. The highest BCUT2D eigenvalue weighted by Crippen LogP contribution is 2.43. The standard InChI is InChI=1S/C27H44N4O6/c1-5-6-12-19(22(32)23(28)33)29-24(34)21-17-13-14-18(15-17)31(21)25(35)20(16-10-8-7-9-11-16)30-26(36)37-27(2,3)4/h16-21H,5-15H2,1-4H3,(H2,28,33)(H,29,34)(H,30,36). The quantitative estimate of drug-likeness (QED) is 0.377. The zero-order valence-electron chi connectivity index (χ0n) is 22.7. The van der Waals surface area contributed by atoms with Gasteiger partial charge in [0.2, 0.25) is 17.6 Å². The molecule has 5 atom stereocenters. The number of nitrogens with two attached hydrogens (primary N) is 1. The summed E-state index contributed by atoms with van der Waals surface area (Å²) in [4.78, 5) is 66.0. The Kier molecular flexibility index (Phi) is 9.58. The van der Waals surface area contributed by atoms with Crippen LogP contribution >= 0.6 is 0 Å². The van der Waals surface area contributed by atoms with E-state index in [1.807, 2.05) is 6.92 Å². The Hall–Kier alpha value is -2.65. The number of ether oxygens (including phenoxy) is 1. The van der Waals surface area contributed by atoms with Gasteiger partial charge in [0.15, 0.2) is 0 Å². The van der Waals surface area contributed by atoms with Crippen LogP contribution in [-0.2, 0) is 23.9 Å². The number of piperidine rings is 1. The number of hydrogen-bond donors (Lipinski definition) is 3. The van der Waals surface area contributed by atoms with Crippen molar-refractivity contribution in [2.45, 2.75) is 128 Å². The first-order chi connectivity index (χ1) is 17.4. The molecule has 0 aromatic heterocycles. The third-order valence-corrected chi connectivity index (χ3v) is 7.89. The van der Waals surface area contributed by atoms with Gasteiger partial charge in [-0.25, -0.2) is 4.79 Å². The van der Waals surface area contributed by atoms with Gasteiger partial charge in [0.05, 0.1) is 6.04 Å². The summed E-state index contributed by atoms with van der Waals surface area (Å²) in [5.41, 5.74) is 4.52. The van der Waals surface area contributed by atoms with Crippen LogP contribution in [0.25, 0.3) is 0 Å². The van der Waals surface area contributed by atoms with Crippen LogP contribution in [0.3, 0.4) is 0 Å². The lowest BCUT2D eigenvalue weighted by Gasteiger charge is -2.40. The lowest BCUT2D eigenvalue weighted by Crippen LogP contribution is -2.61. The summed E-state index contributed by atoms with van der Waals surface area (Å²) < 4.78 is 5.47. The number of Topliss-reactive ketones (excluding diaryl/α,β-unsaturated/α-hetero) is 1. The number of carbonyl (C=O) groups is 5. The summed E-state index contributed by atoms with van der Waals surface area (Å²) in [6.07, 6.45) is 8.10. The summed E-state index contributed by atoms with van der Waals surface area (Å²) in [5.74, 6) is -2.67. The maximum absolute atomic E-state index is 14.1. The second kappa shape index (κ2) is 12.3. The number of nitrogens with one attached hydrogen (secondary N) is 2. The van der Waals surface area contributed by atoms with Crippen molar-refractivity contribution < 1.29 is 28.7 Å². The number of primary amides is 1. The second-order valence-corrected chi connectivity index (χ2v) is 11.9. The Morgan fingerprint density at radius 3 is 2.27 bits per heavy atom. The van der Waals surface area contributed by atoms with Crippen LogP contribution < -0.4 is 16.4 Å². The first-order valence-corrected chi connectivity index (χ1v) is 13.9. The van der Waals surface area contributed by atoms with Crippen molar-refractivity contribution in [3.8, 4) is 0 Å². The molecule has 4 N–H and O–H groups in total. The number of rotatable bonds is 10. The number of nitrogens with zero attached hydrogens (tertiary/aromatic N) is 1. The smallest absolute Gasteiger partial charge is 0.408 e. The van der Waals surface area contributed by atoms with E-state index in [-0.39, 0.29) is 23.8 Å². The first kappa shape index (κ1) is 28.9. The molecule has 4 amide bonds. The van der Waals surface area contributed by atoms with Crippen molar-refractivity contribution in [1.82, 2.24) is 15.5 Å². The van der Waals surface area contributed by atoms with E-state index in [1.54, 1.807) is 25.7 Å². The van der Waals surface area contributed by atoms with Gasteiger partial charge in [0.1, 0.15) is 17.7 Å². The summed E-state index contributed by atoms with van der Waals surface area (Å²) in [6, 6.07) is -2.63. The molecule has 0 spiro atoms.